The third kappa shape index (κ3) is 3.30. The van der Waals surface area contributed by atoms with E-state index in [1.807, 2.05) is 0 Å². The van der Waals surface area contributed by atoms with Crippen molar-refractivity contribution in [2.24, 2.45) is 0 Å². The summed E-state index contributed by atoms with van der Waals surface area (Å²) in [5.41, 5.74) is -0.498. The minimum Gasteiger partial charge on any atom is -0.478 e. The fourth-order valence-corrected chi connectivity index (χ4v) is 1.33. The van der Waals surface area contributed by atoms with E-state index in [1.165, 1.54) is 6.07 Å². The highest BCUT2D eigenvalue weighted by Gasteiger charge is 2.43. The lowest BCUT2D eigenvalue weighted by Crippen LogP contribution is -2.42. The maximum Gasteiger partial charge on any atom is 0.471 e. The minimum atomic E-state index is -5.13. The number of carbonyl (C=O) groups is 2. The van der Waals surface area contributed by atoms with E-state index in [9.17, 15) is 22.8 Å². The molecule has 19 heavy (non-hydrogen) atoms. The number of rotatable bonds is 4. The fraction of sp³-hybridized carbons (Fsp3) is 0.182. The van der Waals surface area contributed by atoms with E-state index < -0.39 is 36.0 Å². The Morgan fingerprint density at radius 3 is 2.58 bits per heavy atom. The van der Waals surface area contributed by atoms with Crippen LogP contribution < -0.4 is 4.90 Å². The molecule has 0 aliphatic carbocycles. The van der Waals surface area contributed by atoms with Crippen molar-refractivity contribution in [3.05, 3.63) is 36.5 Å². The zero-order valence-electron chi connectivity index (χ0n) is 9.52. The molecule has 0 saturated heterocycles. The Morgan fingerprint density at radius 2 is 2.11 bits per heavy atom. The Morgan fingerprint density at radius 1 is 1.47 bits per heavy atom. The zero-order chi connectivity index (χ0) is 14.6. The number of aromatic carboxylic acids is 1. The molecule has 8 heteroatoms. The van der Waals surface area contributed by atoms with Crippen LogP contribution in [0.2, 0.25) is 0 Å². The lowest BCUT2D eigenvalue weighted by Gasteiger charge is -2.22. The average molecular weight is 274 g/mol. The fourth-order valence-electron chi connectivity index (χ4n) is 1.33. The van der Waals surface area contributed by atoms with Gasteiger partial charge >= 0.3 is 18.1 Å². The molecule has 0 atom stereocenters. The molecule has 0 aliphatic rings. The molecule has 5 nitrogen and oxygen atoms in total. The first kappa shape index (κ1) is 14.7. The van der Waals surface area contributed by atoms with E-state index in [2.05, 4.69) is 11.6 Å². The van der Waals surface area contributed by atoms with Crippen LogP contribution in [-0.4, -0.2) is 34.7 Å². The number of halogens is 3. The van der Waals surface area contributed by atoms with Crippen LogP contribution >= 0.6 is 0 Å². The molecule has 0 saturated carbocycles. The van der Waals surface area contributed by atoms with E-state index in [-0.39, 0.29) is 4.90 Å². The van der Waals surface area contributed by atoms with Crippen molar-refractivity contribution in [1.29, 1.82) is 0 Å². The van der Waals surface area contributed by atoms with Gasteiger partial charge in [-0.15, -0.1) is 6.58 Å². The number of carbonyl (C=O) groups excluding carboxylic acids is 1. The normalized spacial score (nSPS) is 10.9. The molecule has 102 valence electrons. The van der Waals surface area contributed by atoms with Gasteiger partial charge in [0.05, 0.1) is 0 Å². The van der Waals surface area contributed by atoms with Crippen molar-refractivity contribution in [3.63, 3.8) is 0 Å². The SMILES string of the molecule is C=CCN(C(=O)C(F)(F)F)c1ncccc1C(=O)O. The van der Waals surface area contributed by atoms with Gasteiger partial charge in [0, 0.05) is 12.7 Å². The quantitative estimate of drug-likeness (QED) is 0.851. The molecule has 0 fully saturated rings. The average Bonchev–Trinajstić information content (AvgIpc) is 2.34. The van der Waals surface area contributed by atoms with Gasteiger partial charge in [-0.1, -0.05) is 6.08 Å². The maximum atomic E-state index is 12.4. The van der Waals surface area contributed by atoms with Gasteiger partial charge in [0.15, 0.2) is 0 Å². The number of carboxylic acids is 1. The summed E-state index contributed by atoms with van der Waals surface area (Å²) < 4.78 is 37.3. The second-order valence-corrected chi connectivity index (χ2v) is 3.38. The second-order valence-electron chi connectivity index (χ2n) is 3.38. The first-order valence-electron chi connectivity index (χ1n) is 4.97. The smallest absolute Gasteiger partial charge is 0.471 e. The monoisotopic (exact) mass is 274 g/mol. The lowest BCUT2D eigenvalue weighted by atomic mass is 10.2. The van der Waals surface area contributed by atoms with E-state index in [0.717, 1.165) is 18.3 Å². The Bertz CT molecular complexity index is 514. The first-order valence-corrected chi connectivity index (χ1v) is 4.97. The number of hydrogen-bond donors (Lipinski definition) is 1. The number of anilines is 1. The standard InChI is InChI=1S/C11H9F3N2O3/c1-2-6-16(10(19)11(12,13)14)8-7(9(17)18)4-3-5-15-8/h2-5H,1,6H2,(H,17,18). The van der Waals surface area contributed by atoms with Crippen LogP contribution in [0, 0.1) is 0 Å². The summed E-state index contributed by atoms with van der Waals surface area (Å²) >= 11 is 0. The minimum absolute atomic E-state index is 0.219. The summed E-state index contributed by atoms with van der Waals surface area (Å²) in [6, 6.07) is 2.31. The third-order valence-corrected chi connectivity index (χ3v) is 2.07. The predicted molar refractivity (Wildman–Crippen MR) is 59.8 cm³/mol. The number of nitrogens with zero attached hydrogens (tertiary/aromatic N) is 2. The van der Waals surface area contributed by atoms with Crippen LogP contribution in [0.1, 0.15) is 10.4 Å². The molecular formula is C11H9F3N2O3. The van der Waals surface area contributed by atoms with Gasteiger partial charge in [-0.25, -0.2) is 9.78 Å². The van der Waals surface area contributed by atoms with Crippen LogP contribution in [-0.2, 0) is 4.79 Å². The number of alkyl halides is 3. The van der Waals surface area contributed by atoms with E-state index in [1.54, 1.807) is 0 Å². The van der Waals surface area contributed by atoms with Gasteiger partial charge in [-0.3, -0.25) is 9.69 Å². The topological polar surface area (TPSA) is 70.5 Å². The highest BCUT2D eigenvalue weighted by Crippen LogP contribution is 2.24. The van der Waals surface area contributed by atoms with Crippen LogP contribution in [0.15, 0.2) is 31.0 Å². The summed E-state index contributed by atoms with van der Waals surface area (Å²) in [4.78, 5) is 25.9. The summed E-state index contributed by atoms with van der Waals surface area (Å²) in [7, 11) is 0. The van der Waals surface area contributed by atoms with Crippen LogP contribution in [0.5, 0.6) is 0 Å². The van der Waals surface area contributed by atoms with Crippen LogP contribution in [0.4, 0.5) is 19.0 Å². The maximum absolute atomic E-state index is 12.4. The Kier molecular flexibility index (Phi) is 4.26. The lowest BCUT2D eigenvalue weighted by molar-refractivity contribution is -0.170. The summed E-state index contributed by atoms with van der Waals surface area (Å²) in [5, 5.41) is 8.88. The molecule has 0 aromatic carbocycles. The third-order valence-electron chi connectivity index (χ3n) is 2.07. The van der Waals surface area contributed by atoms with Gasteiger partial charge in [0.2, 0.25) is 0 Å². The molecule has 1 N–H and O–H groups in total. The molecule has 0 bridgehead atoms. The van der Waals surface area contributed by atoms with Crippen molar-refractivity contribution >= 4 is 17.7 Å². The van der Waals surface area contributed by atoms with E-state index in [0.29, 0.717) is 0 Å². The molecule has 0 unspecified atom stereocenters. The van der Waals surface area contributed by atoms with Crippen LogP contribution in [0.25, 0.3) is 0 Å². The van der Waals surface area contributed by atoms with Crippen molar-refractivity contribution in [3.8, 4) is 0 Å². The van der Waals surface area contributed by atoms with Gasteiger partial charge in [0.25, 0.3) is 0 Å². The molecule has 0 spiro atoms. The first-order chi connectivity index (χ1) is 8.79. The van der Waals surface area contributed by atoms with Crippen molar-refractivity contribution in [2.45, 2.75) is 6.18 Å². The van der Waals surface area contributed by atoms with Gasteiger partial charge in [0.1, 0.15) is 11.4 Å². The number of amides is 1. The molecule has 0 radical (unpaired) electrons. The Labute approximate surface area is 106 Å². The number of hydrogen-bond acceptors (Lipinski definition) is 3. The Balaban J connectivity index is 3.31. The van der Waals surface area contributed by atoms with Gasteiger partial charge in [-0.2, -0.15) is 13.2 Å². The second kappa shape index (κ2) is 5.51. The molecule has 1 rings (SSSR count). The largest absolute Gasteiger partial charge is 0.478 e. The molecular weight excluding hydrogens is 265 g/mol. The molecule has 1 heterocycles. The van der Waals surface area contributed by atoms with Crippen LogP contribution in [0.3, 0.4) is 0 Å². The van der Waals surface area contributed by atoms with Gasteiger partial charge < -0.3 is 5.11 Å². The molecule has 1 amide bonds. The molecule has 1 aromatic rings. The molecule has 1 aromatic heterocycles. The van der Waals surface area contributed by atoms with Gasteiger partial charge in [-0.05, 0) is 12.1 Å². The number of pyridine rings is 1. The van der Waals surface area contributed by atoms with Crippen molar-refractivity contribution in [1.82, 2.24) is 4.98 Å². The summed E-state index contributed by atoms with van der Waals surface area (Å²) in [5.74, 6) is -4.25. The van der Waals surface area contributed by atoms with E-state index >= 15 is 0 Å². The Hall–Kier alpha value is -2.38. The number of aromatic nitrogens is 1. The highest BCUT2D eigenvalue weighted by molar-refractivity contribution is 6.02. The highest BCUT2D eigenvalue weighted by atomic mass is 19.4. The van der Waals surface area contributed by atoms with E-state index in [4.69, 9.17) is 5.11 Å². The summed E-state index contributed by atoms with van der Waals surface area (Å²) in [6.07, 6.45) is -2.98. The van der Waals surface area contributed by atoms with Crippen molar-refractivity contribution < 1.29 is 27.9 Å². The molecule has 0 aliphatic heterocycles. The zero-order valence-corrected chi connectivity index (χ0v) is 9.52. The predicted octanol–water partition coefficient (Wildman–Crippen LogP) is 1.86. The summed E-state index contributed by atoms with van der Waals surface area (Å²) in [6.45, 7) is 2.72. The number of carboxylic acid groups (broad SMARTS) is 1. The van der Waals surface area contributed by atoms with Crippen molar-refractivity contribution in [2.75, 3.05) is 11.4 Å².